The van der Waals surface area contributed by atoms with Gasteiger partial charge in [-0.05, 0) is 19.1 Å². The number of hydrogen-bond acceptors (Lipinski definition) is 4. The minimum absolute atomic E-state index is 0.762. The van der Waals surface area contributed by atoms with Crippen LogP contribution in [-0.4, -0.2) is 22.0 Å². The molecule has 1 N–H and O–H groups in total. The van der Waals surface area contributed by atoms with Crippen molar-refractivity contribution in [1.82, 2.24) is 15.4 Å². The van der Waals surface area contributed by atoms with Gasteiger partial charge in [-0.1, -0.05) is 0 Å². The molecule has 0 unspecified atom stereocenters. The van der Waals surface area contributed by atoms with Crippen LogP contribution in [0, 0.1) is 13.1 Å². The van der Waals surface area contributed by atoms with Crippen LogP contribution in [0.3, 0.4) is 0 Å². The smallest absolute Gasteiger partial charge is 0.155 e. The second kappa shape index (κ2) is 3.10. The molecule has 0 saturated carbocycles. The number of rotatable bonds is 2. The van der Waals surface area contributed by atoms with E-state index < -0.39 is 0 Å². The zero-order chi connectivity index (χ0) is 7.40. The van der Waals surface area contributed by atoms with E-state index in [2.05, 4.69) is 26.9 Å². The number of hydrogen-bond donors (Lipinski definition) is 1. The second-order valence-corrected chi connectivity index (χ2v) is 1.91. The standard InChI is InChI=1S/C6H9N4/c1-3-7-6-5(2)4-8-10-9-6/h3H2,1-2H3,(H,7,8,9). The molecule has 10 heavy (non-hydrogen) atoms. The largest absolute Gasteiger partial charge is 0.369 e. The first kappa shape index (κ1) is 6.92. The van der Waals surface area contributed by atoms with E-state index in [-0.39, 0.29) is 0 Å². The van der Waals surface area contributed by atoms with E-state index >= 15 is 0 Å². The van der Waals surface area contributed by atoms with Crippen LogP contribution in [0.4, 0.5) is 5.82 Å². The average molecular weight is 137 g/mol. The van der Waals surface area contributed by atoms with Crippen molar-refractivity contribution in [3.8, 4) is 0 Å². The topological polar surface area (TPSA) is 50.7 Å². The van der Waals surface area contributed by atoms with Gasteiger partial charge in [-0.3, -0.25) is 0 Å². The molecule has 4 heteroatoms. The Morgan fingerprint density at radius 3 is 3.00 bits per heavy atom. The van der Waals surface area contributed by atoms with Crippen molar-refractivity contribution in [2.75, 3.05) is 11.9 Å². The Kier molecular flexibility index (Phi) is 2.15. The highest BCUT2D eigenvalue weighted by Gasteiger charge is 1.96. The van der Waals surface area contributed by atoms with E-state index in [0.29, 0.717) is 0 Å². The van der Waals surface area contributed by atoms with Gasteiger partial charge in [0.1, 0.15) is 6.20 Å². The monoisotopic (exact) mass is 137 g/mol. The van der Waals surface area contributed by atoms with Crippen LogP contribution in [0.5, 0.6) is 0 Å². The Labute approximate surface area is 59.7 Å². The van der Waals surface area contributed by atoms with E-state index in [4.69, 9.17) is 0 Å². The van der Waals surface area contributed by atoms with Gasteiger partial charge in [0.15, 0.2) is 5.82 Å². The highest BCUT2D eigenvalue weighted by atomic mass is 15.3. The first-order valence-electron chi connectivity index (χ1n) is 3.16. The van der Waals surface area contributed by atoms with Crippen LogP contribution in [0.25, 0.3) is 0 Å². The molecule has 0 saturated heterocycles. The van der Waals surface area contributed by atoms with Gasteiger partial charge in [0.2, 0.25) is 0 Å². The first-order chi connectivity index (χ1) is 4.84. The van der Waals surface area contributed by atoms with Gasteiger partial charge in [0, 0.05) is 12.1 Å². The SMILES string of the molecule is CCNc1nnn[c]c1C. The number of anilines is 1. The third kappa shape index (κ3) is 1.40. The van der Waals surface area contributed by atoms with Crippen molar-refractivity contribution >= 4 is 5.82 Å². The molecule has 1 heterocycles. The molecule has 1 radical (unpaired) electrons. The van der Waals surface area contributed by atoms with Gasteiger partial charge in [-0.15, -0.1) is 10.2 Å². The van der Waals surface area contributed by atoms with Crippen LogP contribution in [-0.2, 0) is 0 Å². The molecule has 53 valence electrons. The molecular formula is C6H9N4. The summed E-state index contributed by atoms with van der Waals surface area (Å²) in [6.45, 7) is 4.73. The Morgan fingerprint density at radius 2 is 2.40 bits per heavy atom. The molecule has 0 aromatic carbocycles. The summed E-state index contributed by atoms with van der Waals surface area (Å²) in [4.78, 5) is 0. The number of nitrogens with zero attached hydrogens (tertiary/aromatic N) is 3. The molecule has 0 spiro atoms. The summed E-state index contributed by atoms with van der Waals surface area (Å²) in [6, 6.07) is 0. The number of aryl methyl sites for hydroxylation is 1. The summed E-state index contributed by atoms with van der Waals surface area (Å²) in [5, 5.41) is 13.7. The average Bonchev–Trinajstić information content (AvgIpc) is 1.94. The van der Waals surface area contributed by atoms with Crippen LogP contribution in [0.15, 0.2) is 0 Å². The van der Waals surface area contributed by atoms with Crippen LogP contribution in [0.2, 0.25) is 0 Å². The zero-order valence-electron chi connectivity index (χ0n) is 6.05. The quantitative estimate of drug-likeness (QED) is 0.641. The van der Waals surface area contributed by atoms with E-state index in [0.717, 1.165) is 17.9 Å². The van der Waals surface area contributed by atoms with E-state index in [1.165, 1.54) is 0 Å². The lowest BCUT2D eigenvalue weighted by Gasteiger charge is -2.00. The van der Waals surface area contributed by atoms with Gasteiger partial charge >= 0.3 is 0 Å². The van der Waals surface area contributed by atoms with Crippen molar-refractivity contribution in [2.24, 2.45) is 0 Å². The predicted molar refractivity (Wildman–Crippen MR) is 37.6 cm³/mol. The fourth-order valence-corrected chi connectivity index (χ4v) is 0.628. The summed E-state index contributed by atoms with van der Waals surface area (Å²) in [7, 11) is 0. The van der Waals surface area contributed by atoms with Crippen molar-refractivity contribution in [2.45, 2.75) is 13.8 Å². The molecule has 0 atom stereocenters. The van der Waals surface area contributed by atoms with Crippen molar-refractivity contribution < 1.29 is 0 Å². The highest BCUT2D eigenvalue weighted by molar-refractivity contribution is 5.38. The van der Waals surface area contributed by atoms with Crippen LogP contribution < -0.4 is 5.32 Å². The predicted octanol–water partition coefficient (Wildman–Crippen LogP) is 0.412. The maximum atomic E-state index is 3.76. The second-order valence-electron chi connectivity index (χ2n) is 1.91. The Balaban J connectivity index is 2.81. The highest BCUT2D eigenvalue weighted by Crippen LogP contribution is 2.03. The van der Waals surface area contributed by atoms with Gasteiger partial charge in [0.25, 0.3) is 0 Å². The molecule has 1 aromatic rings. The molecule has 1 rings (SSSR count). The van der Waals surface area contributed by atoms with Crippen LogP contribution >= 0.6 is 0 Å². The summed E-state index contributed by atoms with van der Waals surface area (Å²) >= 11 is 0. The summed E-state index contributed by atoms with van der Waals surface area (Å²) in [6.07, 6.45) is 2.70. The lowest BCUT2D eigenvalue weighted by atomic mass is 10.3. The van der Waals surface area contributed by atoms with Gasteiger partial charge < -0.3 is 5.32 Å². The first-order valence-corrected chi connectivity index (χ1v) is 3.16. The Morgan fingerprint density at radius 1 is 1.60 bits per heavy atom. The molecule has 0 aliphatic carbocycles. The van der Waals surface area contributed by atoms with Crippen LogP contribution in [0.1, 0.15) is 12.5 Å². The zero-order valence-corrected chi connectivity index (χ0v) is 6.05. The molecule has 1 aromatic heterocycles. The third-order valence-electron chi connectivity index (χ3n) is 1.11. The summed E-state index contributed by atoms with van der Waals surface area (Å²) < 4.78 is 0. The lowest BCUT2D eigenvalue weighted by Crippen LogP contribution is -2.03. The Hall–Kier alpha value is -1.19. The maximum Gasteiger partial charge on any atom is 0.155 e. The summed E-state index contributed by atoms with van der Waals surface area (Å²) in [5.41, 5.74) is 0.900. The number of nitrogens with one attached hydrogen (secondary N) is 1. The number of aromatic nitrogens is 3. The molecule has 0 amide bonds. The normalized spacial score (nSPS) is 9.40. The minimum Gasteiger partial charge on any atom is -0.369 e. The van der Waals surface area contributed by atoms with Crippen molar-refractivity contribution in [3.05, 3.63) is 11.8 Å². The summed E-state index contributed by atoms with van der Waals surface area (Å²) in [5.74, 6) is 0.762. The molecule has 0 bridgehead atoms. The van der Waals surface area contributed by atoms with E-state index in [1.54, 1.807) is 0 Å². The molecule has 0 aliphatic rings. The molecule has 4 nitrogen and oxygen atoms in total. The maximum absolute atomic E-state index is 3.76. The third-order valence-corrected chi connectivity index (χ3v) is 1.11. The van der Waals surface area contributed by atoms with Gasteiger partial charge in [0.05, 0.1) is 0 Å². The van der Waals surface area contributed by atoms with Gasteiger partial charge in [-0.2, -0.15) is 0 Å². The molecule has 0 aliphatic heterocycles. The van der Waals surface area contributed by atoms with Crippen molar-refractivity contribution in [3.63, 3.8) is 0 Å². The van der Waals surface area contributed by atoms with Crippen molar-refractivity contribution in [1.29, 1.82) is 0 Å². The minimum atomic E-state index is 0.762. The Bertz CT molecular complexity index is 211. The van der Waals surface area contributed by atoms with Gasteiger partial charge in [-0.25, -0.2) is 0 Å². The molecule has 0 fully saturated rings. The molecular weight excluding hydrogens is 128 g/mol. The fourth-order valence-electron chi connectivity index (χ4n) is 0.628. The van der Waals surface area contributed by atoms with E-state index in [1.807, 2.05) is 13.8 Å². The van der Waals surface area contributed by atoms with E-state index in [9.17, 15) is 0 Å². The lowest BCUT2D eigenvalue weighted by molar-refractivity contribution is 0.848. The fraction of sp³-hybridized carbons (Fsp3) is 0.500.